The van der Waals surface area contributed by atoms with E-state index in [0.29, 0.717) is 0 Å². The van der Waals surface area contributed by atoms with Crippen molar-refractivity contribution in [3.05, 3.63) is 35.4 Å². The molecule has 0 aromatic heterocycles. The Bertz CT molecular complexity index is 418. The van der Waals surface area contributed by atoms with E-state index in [-0.39, 0.29) is 5.56 Å². The van der Waals surface area contributed by atoms with Gasteiger partial charge in [-0.05, 0) is 11.6 Å². The highest BCUT2D eigenvalue weighted by molar-refractivity contribution is 5.75. The molecule has 0 aliphatic heterocycles. The molecule has 3 N–H and O–H groups in total. The summed E-state index contributed by atoms with van der Waals surface area (Å²) >= 11 is 0. The first-order chi connectivity index (χ1) is 7.28. The van der Waals surface area contributed by atoms with Gasteiger partial charge in [0.2, 0.25) is 0 Å². The zero-order chi connectivity index (χ0) is 12.5. The maximum absolute atomic E-state index is 13.5. The Kier molecular flexibility index (Phi) is 3.28. The number of halogens is 2. The molecule has 1 rings (SSSR count). The molecule has 1 aromatic rings. The quantitative estimate of drug-likeness (QED) is 0.828. The van der Waals surface area contributed by atoms with Gasteiger partial charge in [0.1, 0.15) is 6.04 Å². The summed E-state index contributed by atoms with van der Waals surface area (Å²) < 4.78 is 26.5. The first-order valence-electron chi connectivity index (χ1n) is 4.71. The summed E-state index contributed by atoms with van der Waals surface area (Å²) in [4.78, 5) is 10.8. The van der Waals surface area contributed by atoms with E-state index < -0.39 is 29.1 Å². The number of rotatable bonds is 3. The van der Waals surface area contributed by atoms with Crippen molar-refractivity contribution in [3.63, 3.8) is 0 Å². The van der Waals surface area contributed by atoms with Crippen molar-refractivity contribution in [3.8, 4) is 0 Å². The van der Waals surface area contributed by atoms with Crippen LogP contribution in [0.25, 0.3) is 0 Å². The molecular formula is C11H13F2NO2. The molecule has 88 valence electrons. The molecule has 3 nitrogen and oxygen atoms in total. The number of nitrogens with two attached hydrogens (primary N) is 1. The SMILES string of the molecule is CC(C)(c1cccc(F)c1F)C(N)C(=O)O. The minimum Gasteiger partial charge on any atom is -0.480 e. The summed E-state index contributed by atoms with van der Waals surface area (Å²) in [7, 11) is 0. The number of carboxylic acid groups (broad SMARTS) is 1. The highest BCUT2D eigenvalue weighted by Crippen LogP contribution is 2.29. The maximum Gasteiger partial charge on any atom is 0.321 e. The maximum atomic E-state index is 13.5. The van der Waals surface area contributed by atoms with Crippen LogP contribution in [-0.4, -0.2) is 17.1 Å². The highest BCUT2D eigenvalue weighted by Gasteiger charge is 2.36. The monoisotopic (exact) mass is 229 g/mol. The van der Waals surface area contributed by atoms with E-state index in [4.69, 9.17) is 10.8 Å². The number of hydrogen-bond donors (Lipinski definition) is 2. The van der Waals surface area contributed by atoms with Gasteiger partial charge in [-0.3, -0.25) is 4.79 Å². The second-order valence-corrected chi connectivity index (χ2v) is 4.14. The molecular weight excluding hydrogens is 216 g/mol. The standard InChI is InChI=1S/C11H13F2NO2/c1-11(2,9(14)10(15)16)6-4-3-5-7(12)8(6)13/h3-5,9H,14H2,1-2H3,(H,15,16). The molecule has 0 aliphatic carbocycles. The van der Waals surface area contributed by atoms with Gasteiger partial charge in [0.15, 0.2) is 11.6 Å². The van der Waals surface area contributed by atoms with Gasteiger partial charge in [0.05, 0.1) is 0 Å². The van der Waals surface area contributed by atoms with Crippen LogP contribution in [0.5, 0.6) is 0 Å². The van der Waals surface area contributed by atoms with E-state index in [2.05, 4.69) is 0 Å². The lowest BCUT2D eigenvalue weighted by Crippen LogP contribution is -2.47. The van der Waals surface area contributed by atoms with Gasteiger partial charge in [0.25, 0.3) is 0 Å². The van der Waals surface area contributed by atoms with Gasteiger partial charge in [-0.25, -0.2) is 8.78 Å². The van der Waals surface area contributed by atoms with Crippen LogP contribution in [0.3, 0.4) is 0 Å². The fourth-order valence-corrected chi connectivity index (χ4v) is 1.48. The Morgan fingerprint density at radius 3 is 2.50 bits per heavy atom. The largest absolute Gasteiger partial charge is 0.480 e. The van der Waals surface area contributed by atoms with Crippen molar-refractivity contribution in [1.29, 1.82) is 0 Å². The lowest BCUT2D eigenvalue weighted by Gasteiger charge is -2.29. The van der Waals surface area contributed by atoms with Crippen molar-refractivity contribution in [1.82, 2.24) is 0 Å². The van der Waals surface area contributed by atoms with Crippen molar-refractivity contribution in [2.24, 2.45) is 5.73 Å². The molecule has 0 radical (unpaired) electrons. The Labute approximate surface area is 91.9 Å². The molecule has 0 spiro atoms. The molecule has 0 bridgehead atoms. The molecule has 16 heavy (non-hydrogen) atoms. The lowest BCUT2D eigenvalue weighted by atomic mass is 9.78. The average molecular weight is 229 g/mol. The number of benzene rings is 1. The fourth-order valence-electron chi connectivity index (χ4n) is 1.48. The van der Waals surface area contributed by atoms with Crippen LogP contribution in [0.15, 0.2) is 18.2 Å². The van der Waals surface area contributed by atoms with Crippen molar-refractivity contribution in [2.75, 3.05) is 0 Å². The molecule has 1 atom stereocenters. The van der Waals surface area contributed by atoms with Gasteiger partial charge in [-0.1, -0.05) is 26.0 Å². The smallest absolute Gasteiger partial charge is 0.321 e. The zero-order valence-corrected chi connectivity index (χ0v) is 9.00. The molecule has 1 unspecified atom stereocenters. The van der Waals surface area contributed by atoms with E-state index in [1.165, 1.54) is 26.0 Å². The third-order valence-electron chi connectivity index (χ3n) is 2.69. The van der Waals surface area contributed by atoms with Crippen LogP contribution >= 0.6 is 0 Å². The van der Waals surface area contributed by atoms with Crippen molar-refractivity contribution < 1.29 is 18.7 Å². The van der Waals surface area contributed by atoms with Crippen LogP contribution in [-0.2, 0) is 10.2 Å². The van der Waals surface area contributed by atoms with Crippen LogP contribution < -0.4 is 5.73 Å². The van der Waals surface area contributed by atoms with Gasteiger partial charge in [0, 0.05) is 5.41 Å². The van der Waals surface area contributed by atoms with Crippen LogP contribution in [0.2, 0.25) is 0 Å². The molecule has 0 fully saturated rings. The number of aliphatic carboxylic acids is 1. The van der Waals surface area contributed by atoms with Gasteiger partial charge < -0.3 is 10.8 Å². The second-order valence-electron chi connectivity index (χ2n) is 4.14. The Hall–Kier alpha value is -1.49. The normalized spacial score (nSPS) is 13.6. The highest BCUT2D eigenvalue weighted by atomic mass is 19.2. The average Bonchev–Trinajstić information content (AvgIpc) is 2.20. The first-order valence-corrected chi connectivity index (χ1v) is 4.71. The number of carbonyl (C=O) groups is 1. The zero-order valence-electron chi connectivity index (χ0n) is 9.00. The van der Waals surface area contributed by atoms with Gasteiger partial charge in [-0.15, -0.1) is 0 Å². The molecule has 1 aromatic carbocycles. The molecule has 0 heterocycles. The third-order valence-corrected chi connectivity index (χ3v) is 2.69. The topological polar surface area (TPSA) is 63.3 Å². The van der Waals surface area contributed by atoms with E-state index in [9.17, 15) is 13.6 Å². The molecule has 5 heteroatoms. The van der Waals surface area contributed by atoms with E-state index >= 15 is 0 Å². The summed E-state index contributed by atoms with van der Waals surface area (Å²) in [5, 5.41) is 8.80. The first kappa shape index (κ1) is 12.6. The fraction of sp³-hybridized carbons (Fsp3) is 0.364. The minimum atomic E-state index is -1.30. The third kappa shape index (κ3) is 2.04. The summed E-state index contributed by atoms with van der Waals surface area (Å²) in [5.41, 5.74) is 4.23. The van der Waals surface area contributed by atoms with E-state index in [1.54, 1.807) is 0 Å². The van der Waals surface area contributed by atoms with Crippen LogP contribution in [0, 0.1) is 11.6 Å². The predicted molar refractivity (Wildman–Crippen MR) is 55.0 cm³/mol. The Morgan fingerprint density at radius 2 is 2.00 bits per heavy atom. The molecule has 0 saturated carbocycles. The molecule has 0 aliphatic rings. The lowest BCUT2D eigenvalue weighted by molar-refractivity contribution is -0.140. The Morgan fingerprint density at radius 1 is 1.44 bits per heavy atom. The summed E-state index contributed by atoms with van der Waals surface area (Å²) in [6.07, 6.45) is 0. The molecule has 0 amide bonds. The van der Waals surface area contributed by atoms with E-state index in [1.807, 2.05) is 0 Å². The summed E-state index contributed by atoms with van der Waals surface area (Å²) in [6, 6.07) is 2.33. The van der Waals surface area contributed by atoms with Crippen LogP contribution in [0.1, 0.15) is 19.4 Å². The summed E-state index contributed by atoms with van der Waals surface area (Å²) in [5.74, 6) is -3.32. The van der Waals surface area contributed by atoms with Gasteiger partial charge in [-0.2, -0.15) is 0 Å². The number of hydrogen-bond acceptors (Lipinski definition) is 2. The minimum absolute atomic E-state index is 0.0394. The van der Waals surface area contributed by atoms with Crippen LogP contribution in [0.4, 0.5) is 8.78 Å². The number of carboxylic acids is 1. The second kappa shape index (κ2) is 4.17. The van der Waals surface area contributed by atoms with Gasteiger partial charge >= 0.3 is 5.97 Å². The molecule has 0 saturated heterocycles. The van der Waals surface area contributed by atoms with E-state index in [0.717, 1.165) is 6.07 Å². The summed E-state index contributed by atoms with van der Waals surface area (Å²) in [6.45, 7) is 2.92. The predicted octanol–water partition coefficient (Wildman–Crippen LogP) is 1.65. The van der Waals surface area contributed by atoms with Crippen molar-refractivity contribution >= 4 is 5.97 Å². The van der Waals surface area contributed by atoms with Crippen molar-refractivity contribution in [2.45, 2.75) is 25.3 Å². The Balaban J connectivity index is 3.26.